The number of para-hydroxylation sites is 3. The van der Waals surface area contributed by atoms with Gasteiger partial charge in [0.05, 0.1) is 17.0 Å². The molecule has 382 valence electrons. The van der Waals surface area contributed by atoms with Crippen LogP contribution in [-0.4, -0.2) is 9.55 Å². The van der Waals surface area contributed by atoms with Crippen molar-refractivity contribution >= 4 is 44.6 Å². The average molecular weight is 1200 g/mol. The third-order valence-electron chi connectivity index (χ3n) is 15.6. The van der Waals surface area contributed by atoms with Crippen LogP contribution in [0.3, 0.4) is 0 Å². The fourth-order valence-corrected chi connectivity index (χ4v) is 12.0. The molecule has 12 aromatic rings. The van der Waals surface area contributed by atoms with Crippen LogP contribution in [0.4, 0.5) is 22.7 Å². The van der Waals surface area contributed by atoms with Crippen molar-refractivity contribution in [3.8, 4) is 56.8 Å². The van der Waals surface area contributed by atoms with Crippen LogP contribution in [0.15, 0.2) is 243 Å². The van der Waals surface area contributed by atoms with Gasteiger partial charge in [0.15, 0.2) is 0 Å². The molecule has 1 aliphatic carbocycles. The van der Waals surface area contributed by atoms with Crippen LogP contribution in [0.2, 0.25) is 0 Å². The first-order valence-electron chi connectivity index (χ1n) is 26.4. The quantitative estimate of drug-likeness (QED) is 0.135. The van der Waals surface area contributed by atoms with Gasteiger partial charge in [-0.15, -0.1) is 48.1 Å². The molecule has 6 nitrogen and oxygen atoms in total. The minimum Gasteiger partial charge on any atom is -0.509 e. The summed E-state index contributed by atoms with van der Waals surface area (Å²) < 4.78 is 8.95. The van der Waals surface area contributed by atoms with Gasteiger partial charge in [-0.1, -0.05) is 178 Å². The van der Waals surface area contributed by atoms with E-state index in [0.717, 1.165) is 100 Å². The Morgan fingerprint density at radius 1 is 0.532 bits per heavy atom. The first kappa shape index (κ1) is 49.3. The molecule has 0 bridgehead atoms. The van der Waals surface area contributed by atoms with Gasteiger partial charge in [0, 0.05) is 72.5 Å². The minimum absolute atomic E-state index is 0. The molecule has 0 saturated carbocycles. The summed E-state index contributed by atoms with van der Waals surface area (Å²) in [6.45, 7) is 8.87. The Labute approximate surface area is 475 Å². The van der Waals surface area contributed by atoms with E-state index in [0.29, 0.717) is 17.1 Å². The number of hydrogen-bond acceptors (Lipinski definition) is 5. The Bertz CT molecular complexity index is 4290. The maximum absolute atomic E-state index is 10.2. The fourth-order valence-electron chi connectivity index (χ4n) is 12.0. The Morgan fingerprint density at radius 2 is 1.16 bits per heavy atom. The topological polar surface area (TPSA) is 57.3 Å². The van der Waals surface area contributed by atoms with Gasteiger partial charge in [0.25, 0.3) is 0 Å². The van der Waals surface area contributed by atoms with Gasteiger partial charge >= 0.3 is 0 Å². The van der Waals surface area contributed by atoms with Crippen LogP contribution in [0.5, 0.6) is 11.5 Å². The van der Waals surface area contributed by atoms with E-state index in [1.165, 1.54) is 11.1 Å². The van der Waals surface area contributed by atoms with Crippen molar-refractivity contribution in [2.75, 3.05) is 9.80 Å². The molecule has 7 heteroatoms. The van der Waals surface area contributed by atoms with Crippen molar-refractivity contribution in [1.29, 1.82) is 5.26 Å². The number of benzene rings is 10. The molecule has 0 spiro atoms. The molecule has 0 fully saturated rings. The SMILES string of the molecule is CC(C)(C)c1ccnc(-n2c3[c-]c(Oc4[c-]c(N5[CH-]N(c6c(-c7ccccc7)cc(C7(c8ccccc8)c8ccccc8-c8cc(C#N)ccc87)cc6-c6ccccc6)c6ccccc65)ccc4)ccc3c3ccccc32)c1.[Pt]. The third-order valence-corrected chi connectivity index (χ3v) is 15.6. The normalized spacial score (nSPS) is 14.4. The average Bonchev–Trinajstić information content (AvgIpc) is 3.01. The number of aromatic nitrogens is 2. The largest absolute Gasteiger partial charge is 0.509 e. The number of fused-ring (bicyclic) bond motifs is 7. The van der Waals surface area contributed by atoms with E-state index in [9.17, 15) is 5.26 Å². The molecule has 0 N–H and O–H groups in total. The molecule has 79 heavy (non-hydrogen) atoms. The van der Waals surface area contributed by atoms with Gasteiger partial charge in [-0.3, -0.25) is 0 Å². The molecule has 1 atom stereocenters. The summed E-state index contributed by atoms with van der Waals surface area (Å²) in [4.78, 5) is 9.44. The van der Waals surface area contributed by atoms with Gasteiger partial charge in [0.1, 0.15) is 5.82 Å². The Balaban J connectivity index is 0.00000591. The van der Waals surface area contributed by atoms with Gasteiger partial charge in [0.2, 0.25) is 0 Å². The van der Waals surface area contributed by atoms with Crippen molar-refractivity contribution in [2.24, 2.45) is 0 Å². The molecule has 3 heterocycles. The third kappa shape index (κ3) is 8.15. The molecule has 0 saturated heterocycles. The van der Waals surface area contributed by atoms with E-state index in [-0.39, 0.29) is 26.5 Å². The number of rotatable bonds is 9. The Morgan fingerprint density at radius 3 is 1.89 bits per heavy atom. The summed E-state index contributed by atoms with van der Waals surface area (Å²) in [6, 6.07) is 93.3. The van der Waals surface area contributed by atoms with Gasteiger partial charge < -0.3 is 19.1 Å². The van der Waals surface area contributed by atoms with Gasteiger partial charge in [-0.05, 0) is 115 Å². The van der Waals surface area contributed by atoms with E-state index in [4.69, 9.17) is 9.72 Å². The van der Waals surface area contributed by atoms with E-state index in [2.05, 4.69) is 272 Å². The number of nitriles is 1. The molecule has 14 rings (SSSR count). The number of nitrogens with zero attached hydrogens (tertiary/aromatic N) is 5. The predicted molar refractivity (Wildman–Crippen MR) is 316 cm³/mol. The summed E-state index contributed by atoms with van der Waals surface area (Å²) in [7, 11) is 0. The predicted octanol–water partition coefficient (Wildman–Crippen LogP) is 17.8. The first-order valence-corrected chi connectivity index (χ1v) is 26.4. The number of pyridine rings is 1. The zero-order valence-corrected chi connectivity index (χ0v) is 45.9. The van der Waals surface area contributed by atoms with E-state index < -0.39 is 5.41 Å². The van der Waals surface area contributed by atoms with Crippen LogP contribution in [0, 0.1) is 30.1 Å². The maximum Gasteiger partial charge on any atom is 0.135 e. The molecule has 2 aromatic heterocycles. The van der Waals surface area contributed by atoms with Crippen molar-refractivity contribution < 1.29 is 25.8 Å². The Kier molecular flexibility index (Phi) is 12.3. The van der Waals surface area contributed by atoms with E-state index >= 15 is 0 Å². The summed E-state index contributed by atoms with van der Waals surface area (Å²) in [5.74, 6) is 1.97. The van der Waals surface area contributed by atoms with Crippen molar-refractivity contribution in [2.45, 2.75) is 31.6 Å². The van der Waals surface area contributed by atoms with Crippen LogP contribution < -0.4 is 14.5 Å². The molecule has 10 aromatic carbocycles. The van der Waals surface area contributed by atoms with Gasteiger partial charge in [-0.25, -0.2) is 4.98 Å². The van der Waals surface area contributed by atoms with Crippen molar-refractivity contribution in [3.05, 3.63) is 295 Å². The second-order valence-corrected chi connectivity index (χ2v) is 21.1. The summed E-state index contributed by atoms with van der Waals surface area (Å²) in [5.41, 5.74) is 18.0. The Hall–Kier alpha value is -9.27. The molecule has 2 aliphatic rings. The van der Waals surface area contributed by atoms with Crippen molar-refractivity contribution in [3.63, 3.8) is 0 Å². The molecule has 1 unspecified atom stereocenters. The van der Waals surface area contributed by atoms with Gasteiger partial charge in [-0.2, -0.15) is 17.4 Å². The number of ether oxygens (including phenoxy) is 1. The van der Waals surface area contributed by atoms with Crippen LogP contribution in [0.25, 0.3) is 61.0 Å². The second kappa shape index (κ2) is 19.6. The standard InChI is InChI=1S/C72H50N5O.Pt/c1-71(2,3)52-38-39-74-69(43-52)77-65-31-16-14-29-58(65)59-36-35-56(45-68(59)77)78-55-27-19-26-54(44-55)75-47-76(67-33-18-17-32-66(67)75)70-60(49-20-7-4-8-21-49)41-53(42-61(70)50-22-9-5-10-23-50)72(51-24-11-6-12-25-51)63-30-15-13-28-57(63)62-40-48(46-73)34-37-64(62)72;/h4-43,47H,1-3H3;/q-3;. The summed E-state index contributed by atoms with van der Waals surface area (Å²) >= 11 is 0. The zero-order chi connectivity index (χ0) is 52.5. The maximum atomic E-state index is 10.2. The van der Waals surface area contributed by atoms with Crippen LogP contribution in [-0.2, 0) is 31.9 Å². The van der Waals surface area contributed by atoms with Crippen LogP contribution >= 0.6 is 0 Å². The summed E-state index contributed by atoms with van der Waals surface area (Å²) in [6.07, 6.45) is 1.90. The minimum atomic E-state index is -0.729. The molecule has 0 radical (unpaired) electrons. The number of hydrogen-bond donors (Lipinski definition) is 0. The smallest absolute Gasteiger partial charge is 0.135 e. The van der Waals surface area contributed by atoms with E-state index in [1.54, 1.807) is 0 Å². The fraction of sp³-hybridized carbons (Fsp3) is 0.0694. The second-order valence-electron chi connectivity index (χ2n) is 21.1. The zero-order valence-electron chi connectivity index (χ0n) is 43.6. The van der Waals surface area contributed by atoms with Crippen LogP contribution in [0.1, 0.15) is 54.2 Å². The monoisotopic (exact) mass is 1200 g/mol. The number of anilines is 4. The molecule has 0 amide bonds. The molecule has 1 aliphatic heterocycles. The van der Waals surface area contributed by atoms with E-state index in [1.807, 2.05) is 30.5 Å². The molecular formula is C72H50N5OPt-3. The summed E-state index contributed by atoms with van der Waals surface area (Å²) in [5, 5.41) is 12.4. The molecular weight excluding hydrogens is 1150 g/mol. The van der Waals surface area contributed by atoms with Crippen molar-refractivity contribution in [1.82, 2.24) is 9.55 Å². The first-order chi connectivity index (χ1) is 38.3.